The van der Waals surface area contributed by atoms with Crippen LogP contribution in [0.5, 0.6) is 5.75 Å². The molecule has 0 spiro atoms. The summed E-state index contributed by atoms with van der Waals surface area (Å²) < 4.78 is 31.7. The highest BCUT2D eigenvalue weighted by molar-refractivity contribution is 6.01. The summed E-state index contributed by atoms with van der Waals surface area (Å²) in [7, 11) is 0. The number of phenolic OH excluding ortho intramolecular Hbond substituents is 1. The second kappa shape index (κ2) is 7.04. The first-order valence-electron chi connectivity index (χ1n) is 9.48. The van der Waals surface area contributed by atoms with Crippen molar-refractivity contribution in [1.82, 2.24) is 15.2 Å². The number of aromatic nitrogens is 3. The van der Waals surface area contributed by atoms with Crippen molar-refractivity contribution in [3.05, 3.63) is 47.8 Å². The third-order valence-corrected chi connectivity index (χ3v) is 5.57. The van der Waals surface area contributed by atoms with Gasteiger partial charge in [-0.1, -0.05) is 6.07 Å². The molecule has 1 saturated heterocycles. The number of aromatic hydroxyl groups is 1. The number of rotatable bonds is 3. The lowest BCUT2D eigenvalue weighted by molar-refractivity contribution is 0.195. The van der Waals surface area contributed by atoms with Crippen LogP contribution in [0.25, 0.3) is 27.6 Å². The predicted molar refractivity (Wildman–Crippen MR) is 105 cm³/mol. The van der Waals surface area contributed by atoms with Gasteiger partial charge in [-0.05, 0) is 37.0 Å². The number of benzene rings is 1. The van der Waals surface area contributed by atoms with Gasteiger partial charge < -0.3 is 15.2 Å². The monoisotopic (exact) mass is 396 g/mol. The maximum Gasteiger partial charge on any atom is 0.274 e. The summed E-state index contributed by atoms with van der Waals surface area (Å²) >= 11 is 0. The fraction of sp³-hybridized carbons (Fsp3) is 0.286. The molecule has 0 unspecified atom stereocenters. The second-order valence-electron chi connectivity index (χ2n) is 7.25. The van der Waals surface area contributed by atoms with E-state index in [2.05, 4.69) is 20.5 Å². The Hall–Kier alpha value is -3.13. The molecule has 8 heteroatoms. The molecule has 148 valence electrons. The van der Waals surface area contributed by atoms with Crippen LogP contribution in [-0.4, -0.2) is 39.5 Å². The zero-order valence-electron chi connectivity index (χ0n) is 15.5. The van der Waals surface area contributed by atoms with Gasteiger partial charge in [0, 0.05) is 46.5 Å². The van der Waals surface area contributed by atoms with Gasteiger partial charge >= 0.3 is 0 Å². The van der Waals surface area contributed by atoms with Crippen molar-refractivity contribution in [2.24, 2.45) is 0 Å². The minimum atomic E-state index is -1.70. The van der Waals surface area contributed by atoms with E-state index in [0.717, 1.165) is 17.2 Å². The van der Waals surface area contributed by atoms with Crippen LogP contribution in [0.15, 0.2) is 36.7 Å². The van der Waals surface area contributed by atoms with E-state index in [1.54, 1.807) is 24.5 Å². The van der Waals surface area contributed by atoms with Crippen LogP contribution in [0.4, 0.5) is 14.6 Å². The van der Waals surface area contributed by atoms with Gasteiger partial charge in [0.2, 0.25) is 0 Å². The number of pyridine rings is 1. The van der Waals surface area contributed by atoms with Gasteiger partial charge in [0.15, 0.2) is 5.82 Å². The van der Waals surface area contributed by atoms with Crippen LogP contribution in [0.3, 0.4) is 0 Å². The molecule has 3 aromatic rings. The number of halogens is 2. The van der Waals surface area contributed by atoms with Crippen LogP contribution in [0.1, 0.15) is 24.0 Å². The molecule has 1 fully saturated rings. The van der Waals surface area contributed by atoms with Crippen LogP contribution < -0.4 is 5.32 Å². The number of fused-ring (bicyclic) bond motifs is 2. The molecule has 29 heavy (non-hydrogen) atoms. The van der Waals surface area contributed by atoms with Crippen molar-refractivity contribution in [1.29, 1.82) is 0 Å². The molecule has 0 amide bonds. The highest BCUT2D eigenvalue weighted by atomic mass is 19.3. The Balaban J connectivity index is 1.62. The van der Waals surface area contributed by atoms with E-state index in [9.17, 15) is 13.9 Å². The number of nitrogens with one attached hydrogen (secondary N) is 1. The smallest absolute Gasteiger partial charge is 0.274 e. The Kier molecular flexibility index (Phi) is 4.35. The van der Waals surface area contributed by atoms with Crippen LogP contribution in [0, 0.1) is 0 Å². The first kappa shape index (κ1) is 17.9. The Morgan fingerprint density at radius 3 is 2.76 bits per heavy atom. The van der Waals surface area contributed by atoms with E-state index < -0.39 is 6.08 Å². The van der Waals surface area contributed by atoms with Gasteiger partial charge in [0.1, 0.15) is 11.4 Å². The minimum absolute atomic E-state index is 0.000299. The number of anilines is 1. The Morgan fingerprint density at radius 1 is 1.10 bits per heavy atom. The lowest BCUT2D eigenvalue weighted by Crippen LogP contribution is -2.20. The van der Waals surface area contributed by atoms with Gasteiger partial charge in [-0.3, -0.25) is 4.98 Å². The van der Waals surface area contributed by atoms with E-state index >= 15 is 0 Å². The molecule has 2 aromatic heterocycles. The first-order chi connectivity index (χ1) is 14.1. The van der Waals surface area contributed by atoms with E-state index in [0.29, 0.717) is 47.8 Å². The van der Waals surface area contributed by atoms with Gasteiger partial charge in [-0.25, -0.2) is 0 Å². The fourth-order valence-corrected chi connectivity index (χ4v) is 4.09. The van der Waals surface area contributed by atoms with E-state index in [4.69, 9.17) is 4.74 Å². The van der Waals surface area contributed by atoms with Crippen LogP contribution in [0.2, 0.25) is 0 Å². The first-order valence-corrected chi connectivity index (χ1v) is 9.48. The molecule has 2 aliphatic rings. The number of nitrogens with zero attached hydrogens (tertiary/aromatic N) is 3. The van der Waals surface area contributed by atoms with E-state index in [1.807, 2.05) is 6.07 Å². The SMILES string of the molecule is Oc1c(-c2nnc(N[C@H]3CCOC3)c3cnccc23)ccc2c1CCC2=C(F)F. The number of hydrogen-bond acceptors (Lipinski definition) is 6. The third-order valence-electron chi connectivity index (χ3n) is 5.57. The molecule has 1 aliphatic carbocycles. The van der Waals surface area contributed by atoms with E-state index in [-0.39, 0.29) is 23.8 Å². The Labute approximate surface area is 165 Å². The average Bonchev–Trinajstić information content (AvgIpc) is 3.39. The minimum Gasteiger partial charge on any atom is -0.507 e. The number of ether oxygens (including phenoxy) is 1. The summed E-state index contributed by atoms with van der Waals surface area (Å²) in [5.74, 6) is 0.591. The molecule has 1 aromatic carbocycles. The Morgan fingerprint density at radius 2 is 1.97 bits per heavy atom. The standard InChI is InChI=1S/C21H18F2N4O2/c22-20(23)15-3-2-14-12(15)1-4-16(19(14)28)18-13-5-7-24-9-17(13)21(27-26-18)25-11-6-8-29-10-11/h1,4-5,7,9,11,28H,2-3,6,8,10H2,(H,25,27)/t11-/m0/s1. The van der Waals surface area contributed by atoms with Crippen molar-refractivity contribution in [3.8, 4) is 17.0 Å². The quantitative estimate of drug-likeness (QED) is 0.692. The van der Waals surface area contributed by atoms with Gasteiger partial charge in [0.25, 0.3) is 6.08 Å². The average molecular weight is 396 g/mol. The third kappa shape index (κ3) is 3.00. The molecule has 1 aliphatic heterocycles. The number of hydrogen-bond donors (Lipinski definition) is 2. The van der Waals surface area contributed by atoms with E-state index in [1.165, 1.54) is 0 Å². The summed E-state index contributed by atoms with van der Waals surface area (Å²) in [5, 5.41) is 24.4. The molecule has 6 nitrogen and oxygen atoms in total. The Bertz CT molecular complexity index is 1140. The van der Waals surface area contributed by atoms with Gasteiger partial charge in [-0.2, -0.15) is 8.78 Å². The van der Waals surface area contributed by atoms with Crippen molar-refractivity contribution in [2.75, 3.05) is 18.5 Å². The summed E-state index contributed by atoms with van der Waals surface area (Å²) in [6.07, 6.45) is 3.14. The van der Waals surface area contributed by atoms with Crippen molar-refractivity contribution < 1.29 is 18.6 Å². The van der Waals surface area contributed by atoms with Crippen molar-refractivity contribution >= 4 is 22.2 Å². The second-order valence-corrected chi connectivity index (χ2v) is 7.25. The zero-order chi connectivity index (χ0) is 20.0. The lowest BCUT2D eigenvalue weighted by atomic mass is 9.99. The normalized spacial score (nSPS) is 18.3. The van der Waals surface area contributed by atoms with Crippen LogP contribution in [-0.2, 0) is 11.2 Å². The fourth-order valence-electron chi connectivity index (χ4n) is 4.09. The van der Waals surface area contributed by atoms with Gasteiger partial charge in [0.05, 0.1) is 12.6 Å². The number of allylic oxidation sites excluding steroid dienone is 1. The largest absolute Gasteiger partial charge is 0.507 e. The molecule has 1 atom stereocenters. The highest BCUT2D eigenvalue weighted by Crippen LogP contribution is 2.45. The number of phenols is 1. The topological polar surface area (TPSA) is 80.2 Å². The summed E-state index contributed by atoms with van der Waals surface area (Å²) in [6, 6.07) is 5.23. The molecule has 2 N–H and O–H groups in total. The molecular weight excluding hydrogens is 378 g/mol. The molecule has 5 rings (SSSR count). The summed E-state index contributed by atoms with van der Waals surface area (Å²) in [5.41, 5.74) is 1.91. The summed E-state index contributed by atoms with van der Waals surface area (Å²) in [6.45, 7) is 1.32. The van der Waals surface area contributed by atoms with Crippen molar-refractivity contribution in [2.45, 2.75) is 25.3 Å². The molecule has 0 radical (unpaired) electrons. The maximum absolute atomic E-state index is 13.1. The zero-order valence-corrected chi connectivity index (χ0v) is 15.5. The highest BCUT2D eigenvalue weighted by Gasteiger charge is 2.26. The van der Waals surface area contributed by atoms with Crippen LogP contribution >= 0.6 is 0 Å². The molecule has 0 bridgehead atoms. The molecule has 3 heterocycles. The summed E-state index contributed by atoms with van der Waals surface area (Å²) in [4.78, 5) is 4.20. The lowest BCUT2D eigenvalue weighted by Gasteiger charge is -2.15. The van der Waals surface area contributed by atoms with Gasteiger partial charge in [-0.15, -0.1) is 10.2 Å². The predicted octanol–water partition coefficient (Wildman–Crippen LogP) is 4.15. The van der Waals surface area contributed by atoms with Crippen molar-refractivity contribution in [3.63, 3.8) is 0 Å². The maximum atomic E-state index is 13.1. The molecule has 0 saturated carbocycles. The molecular formula is C21H18F2N4O2.